The number of benzene rings is 1. The number of aromatic nitrogens is 1. The van der Waals surface area contributed by atoms with Crippen molar-refractivity contribution in [1.82, 2.24) is 14.8 Å². The number of aryl methyl sites for hydroxylation is 1. The lowest BCUT2D eigenvalue weighted by Gasteiger charge is -2.27. The van der Waals surface area contributed by atoms with Gasteiger partial charge in [-0.05, 0) is 50.3 Å². The topological polar surface area (TPSA) is 56.8 Å². The minimum Gasteiger partial charge on any atom is -0.337 e. The van der Waals surface area contributed by atoms with Crippen molar-refractivity contribution in [1.29, 1.82) is 0 Å². The molecule has 2 heterocycles. The molecule has 2 amide bonds. The van der Waals surface area contributed by atoms with E-state index in [1.807, 2.05) is 31.1 Å². The van der Waals surface area contributed by atoms with Crippen LogP contribution >= 0.6 is 0 Å². The Hall–Kier alpha value is -2.80. The van der Waals surface area contributed by atoms with E-state index in [0.717, 1.165) is 11.1 Å². The van der Waals surface area contributed by atoms with Crippen molar-refractivity contribution < 1.29 is 14.0 Å². The van der Waals surface area contributed by atoms with Crippen LogP contribution in [-0.4, -0.2) is 60.3 Å². The lowest BCUT2D eigenvalue weighted by atomic mass is 10.1. The van der Waals surface area contributed by atoms with Crippen LogP contribution in [0.1, 0.15) is 17.5 Å². The summed E-state index contributed by atoms with van der Waals surface area (Å²) in [6, 6.07) is 8.55. The molecule has 2 aromatic rings. The molecular formula is C22H27FN4O2. The van der Waals surface area contributed by atoms with Crippen LogP contribution in [0.25, 0.3) is 0 Å². The van der Waals surface area contributed by atoms with E-state index in [2.05, 4.69) is 4.98 Å². The van der Waals surface area contributed by atoms with E-state index in [0.29, 0.717) is 19.6 Å². The Morgan fingerprint density at radius 3 is 2.72 bits per heavy atom. The first-order valence-corrected chi connectivity index (χ1v) is 9.74. The maximum atomic E-state index is 14.4. The SMILES string of the molecule is Cc1ccc(N2CC(C(=O)N(CCN(C)C)Cc3cccnc3)CC2=O)c(F)c1. The van der Waals surface area contributed by atoms with E-state index in [9.17, 15) is 14.0 Å². The molecule has 0 saturated carbocycles. The molecule has 1 fully saturated rings. The molecule has 0 aliphatic carbocycles. The molecule has 0 bridgehead atoms. The third kappa shape index (κ3) is 5.17. The summed E-state index contributed by atoms with van der Waals surface area (Å²) in [6.07, 6.45) is 3.53. The molecule has 1 saturated heterocycles. The fraction of sp³-hybridized carbons (Fsp3) is 0.409. The molecule has 1 unspecified atom stereocenters. The van der Waals surface area contributed by atoms with E-state index in [4.69, 9.17) is 0 Å². The molecular weight excluding hydrogens is 371 g/mol. The number of pyridine rings is 1. The normalized spacial score (nSPS) is 16.5. The van der Waals surface area contributed by atoms with Gasteiger partial charge < -0.3 is 14.7 Å². The van der Waals surface area contributed by atoms with E-state index in [1.54, 1.807) is 36.4 Å². The zero-order valence-corrected chi connectivity index (χ0v) is 17.1. The van der Waals surface area contributed by atoms with Crippen molar-refractivity contribution in [2.24, 2.45) is 5.92 Å². The van der Waals surface area contributed by atoms with Gasteiger partial charge in [-0.15, -0.1) is 0 Å². The molecule has 1 aliphatic rings. The third-order valence-electron chi connectivity index (χ3n) is 5.09. The van der Waals surface area contributed by atoms with Gasteiger partial charge in [-0.25, -0.2) is 4.39 Å². The van der Waals surface area contributed by atoms with Crippen molar-refractivity contribution >= 4 is 17.5 Å². The minimum absolute atomic E-state index is 0.0842. The first-order valence-electron chi connectivity index (χ1n) is 9.74. The molecule has 154 valence electrons. The van der Waals surface area contributed by atoms with Gasteiger partial charge in [-0.1, -0.05) is 12.1 Å². The Bertz CT molecular complexity index is 872. The summed E-state index contributed by atoms with van der Waals surface area (Å²) in [5.74, 6) is -1.23. The van der Waals surface area contributed by atoms with E-state index in [1.165, 1.54) is 11.0 Å². The van der Waals surface area contributed by atoms with Crippen molar-refractivity contribution in [2.75, 3.05) is 38.6 Å². The highest BCUT2D eigenvalue weighted by atomic mass is 19.1. The summed E-state index contributed by atoms with van der Waals surface area (Å²) in [5, 5.41) is 0. The highest BCUT2D eigenvalue weighted by Gasteiger charge is 2.38. The van der Waals surface area contributed by atoms with Gasteiger partial charge in [0.2, 0.25) is 11.8 Å². The number of halogens is 1. The van der Waals surface area contributed by atoms with Crippen LogP contribution in [0.2, 0.25) is 0 Å². The molecule has 1 aliphatic heterocycles. The summed E-state index contributed by atoms with van der Waals surface area (Å²) in [7, 11) is 3.90. The molecule has 1 atom stereocenters. The zero-order valence-electron chi connectivity index (χ0n) is 17.1. The smallest absolute Gasteiger partial charge is 0.228 e. The molecule has 0 spiro atoms. The predicted molar refractivity (Wildman–Crippen MR) is 110 cm³/mol. The van der Waals surface area contributed by atoms with E-state index in [-0.39, 0.29) is 30.5 Å². The fourth-order valence-electron chi connectivity index (χ4n) is 3.49. The van der Waals surface area contributed by atoms with Gasteiger partial charge in [-0.2, -0.15) is 0 Å². The highest BCUT2D eigenvalue weighted by molar-refractivity contribution is 6.00. The molecule has 0 N–H and O–H groups in total. The summed E-state index contributed by atoms with van der Waals surface area (Å²) in [5.41, 5.74) is 1.96. The van der Waals surface area contributed by atoms with Gasteiger partial charge in [0, 0.05) is 45.0 Å². The highest BCUT2D eigenvalue weighted by Crippen LogP contribution is 2.29. The van der Waals surface area contributed by atoms with Gasteiger partial charge in [0.1, 0.15) is 5.82 Å². The van der Waals surface area contributed by atoms with Crippen molar-refractivity contribution in [3.8, 4) is 0 Å². The van der Waals surface area contributed by atoms with Crippen LogP contribution in [0.5, 0.6) is 0 Å². The number of anilines is 1. The summed E-state index contributed by atoms with van der Waals surface area (Å²) in [6.45, 7) is 3.69. The lowest BCUT2D eigenvalue weighted by Crippen LogP contribution is -2.40. The Kier molecular flexibility index (Phi) is 6.59. The second-order valence-electron chi connectivity index (χ2n) is 7.78. The quantitative estimate of drug-likeness (QED) is 0.719. The Balaban J connectivity index is 1.75. The van der Waals surface area contributed by atoms with Crippen molar-refractivity contribution in [3.05, 3.63) is 59.7 Å². The first-order chi connectivity index (χ1) is 13.8. The first kappa shape index (κ1) is 20.9. The predicted octanol–water partition coefficient (Wildman–Crippen LogP) is 2.47. The average molecular weight is 398 g/mol. The Morgan fingerprint density at radius 2 is 2.07 bits per heavy atom. The van der Waals surface area contributed by atoms with Crippen LogP contribution in [0.3, 0.4) is 0 Å². The number of rotatable bonds is 7. The third-order valence-corrected chi connectivity index (χ3v) is 5.09. The van der Waals surface area contributed by atoms with Gasteiger partial charge >= 0.3 is 0 Å². The number of nitrogens with zero attached hydrogens (tertiary/aromatic N) is 4. The number of likely N-dealkylation sites (N-methyl/N-ethyl adjacent to an activating group) is 1. The number of carbonyl (C=O) groups excluding carboxylic acids is 2. The van der Waals surface area contributed by atoms with Crippen molar-refractivity contribution in [3.63, 3.8) is 0 Å². The minimum atomic E-state index is -0.484. The monoisotopic (exact) mass is 398 g/mol. The van der Waals surface area contributed by atoms with Crippen LogP contribution in [0.4, 0.5) is 10.1 Å². The zero-order chi connectivity index (χ0) is 21.0. The second-order valence-corrected chi connectivity index (χ2v) is 7.78. The summed E-state index contributed by atoms with van der Waals surface area (Å²) < 4.78 is 14.4. The van der Waals surface area contributed by atoms with Gasteiger partial charge in [0.05, 0.1) is 11.6 Å². The Labute approximate surface area is 170 Å². The van der Waals surface area contributed by atoms with Gasteiger partial charge in [-0.3, -0.25) is 14.6 Å². The van der Waals surface area contributed by atoms with Crippen LogP contribution in [-0.2, 0) is 16.1 Å². The van der Waals surface area contributed by atoms with Gasteiger partial charge in [0.15, 0.2) is 0 Å². The van der Waals surface area contributed by atoms with Crippen molar-refractivity contribution in [2.45, 2.75) is 19.9 Å². The average Bonchev–Trinajstić information content (AvgIpc) is 3.06. The molecule has 6 nitrogen and oxygen atoms in total. The van der Waals surface area contributed by atoms with E-state index < -0.39 is 11.7 Å². The number of carbonyl (C=O) groups is 2. The summed E-state index contributed by atoms with van der Waals surface area (Å²) in [4.78, 5) is 35.1. The fourth-order valence-corrected chi connectivity index (χ4v) is 3.49. The molecule has 7 heteroatoms. The number of hydrogen-bond donors (Lipinski definition) is 0. The largest absolute Gasteiger partial charge is 0.337 e. The van der Waals surface area contributed by atoms with Crippen LogP contribution < -0.4 is 4.90 Å². The Morgan fingerprint density at radius 1 is 1.28 bits per heavy atom. The molecule has 29 heavy (non-hydrogen) atoms. The second kappa shape index (κ2) is 9.13. The van der Waals surface area contributed by atoms with Crippen LogP contribution in [0, 0.1) is 18.7 Å². The molecule has 1 aromatic carbocycles. The van der Waals surface area contributed by atoms with Crippen LogP contribution in [0.15, 0.2) is 42.7 Å². The number of amides is 2. The summed E-state index contributed by atoms with van der Waals surface area (Å²) >= 11 is 0. The maximum absolute atomic E-state index is 14.4. The number of hydrogen-bond acceptors (Lipinski definition) is 4. The molecule has 3 rings (SSSR count). The standard InChI is InChI=1S/C22H27FN4O2/c1-16-6-7-20(19(23)11-16)27-15-18(12-21(27)28)22(29)26(10-9-25(2)3)14-17-5-4-8-24-13-17/h4-8,11,13,18H,9-10,12,14-15H2,1-3H3. The lowest BCUT2D eigenvalue weighted by molar-refractivity contribution is -0.136. The van der Waals surface area contributed by atoms with Gasteiger partial charge in [0.25, 0.3) is 0 Å². The maximum Gasteiger partial charge on any atom is 0.228 e. The molecule has 1 aromatic heterocycles. The molecule has 0 radical (unpaired) electrons. The van der Waals surface area contributed by atoms with E-state index >= 15 is 0 Å².